The lowest BCUT2D eigenvalue weighted by Gasteiger charge is -2.17. The SMILES string of the molecule is CCOC(=O)Nc1ccc(NC(=O)[C@@H](N)[C@@H](C)CC)cc1. The van der Waals surface area contributed by atoms with Crippen molar-refractivity contribution in [2.75, 3.05) is 17.2 Å². The van der Waals surface area contributed by atoms with Gasteiger partial charge < -0.3 is 15.8 Å². The van der Waals surface area contributed by atoms with Crippen LogP contribution in [-0.4, -0.2) is 24.6 Å². The molecule has 0 unspecified atom stereocenters. The predicted octanol–water partition coefficient (Wildman–Crippen LogP) is 2.57. The number of hydrogen-bond donors (Lipinski definition) is 3. The molecule has 1 rings (SSSR count). The molecular weight excluding hydrogens is 270 g/mol. The first-order valence-electron chi connectivity index (χ1n) is 7.08. The largest absolute Gasteiger partial charge is 0.450 e. The van der Waals surface area contributed by atoms with Crippen LogP contribution in [0.15, 0.2) is 24.3 Å². The highest BCUT2D eigenvalue weighted by Gasteiger charge is 2.19. The van der Waals surface area contributed by atoms with Crippen molar-refractivity contribution in [2.24, 2.45) is 11.7 Å². The number of amides is 2. The molecule has 0 saturated heterocycles. The van der Waals surface area contributed by atoms with Crippen molar-refractivity contribution < 1.29 is 14.3 Å². The number of nitrogens with one attached hydrogen (secondary N) is 2. The van der Waals surface area contributed by atoms with Gasteiger partial charge in [0, 0.05) is 11.4 Å². The van der Waals surface area contributed by atoms with Gasteiger partial charge in [-0.15, -0.1) is 0 Å². The topological polar surface area (TPSA) is 93.5 Å². The first-order valence-corrected chi connectivity index (χ1v) is 7.08. The van der Waals surface area contributed by atoms with Crippen LogP contribution in [-0.2, 0) is 9.53 Å². The predicted molar refractivity (Wildman–Crippen MR) is 83.1 cm³/mol. The molecule has 2 amide bonds. The Hall–Kier alpha value is -2.08. The van der Waals surface area contributed by atoms with E-state index in [1.807, 2.05) is 13.8 Å². The van der Waals surface area contributed by atoms with Crippen molar-refractivity contribution in [3.05, 3.63) is 24.3 Å². The molecule has 2 atom stereocenters. The van der Waals surface area contributed by atoms with Crippen LogP contribution >= 0.6 is 0 Å². The fourth-order valence-electron chi connectivity index (χ4n) is 1.66. The number of anilines is 2. The number of carbonyl (C=O) groups excluding carboxylic acids is 2. The van der Waals surface area contributed by atoms with E-state index in [2.05, 4.69) is 10.6 Å². The zero-order valence-electron chi connectivity index (χ0n) is 12.7. The maximum absolute atomic E-state index is 11.9. The van der Waals surface area contributed by atoms with Crippen LogP contribution in [0.2, 0.25) is 0 Å². The van der Waals surface area contributed by atoms with Crippen LogP contribution in [0.4, 0.5) is 16.2 Å². The fraction of sp³-hybridized carbons (Fsp3) is 0.467. The number of carbonyl (C=O) groups is 2. The Bertz CT molecular complexity index is 474. The van der Waals surface area contributed by atoms with Crippen molar-refractivity contribution in [3.8, 4) is 0 Å². The van der Waals surface area contributed by atoms with Gasteiger partial charge in [0.1, 0.15) is 0 Å². The zero-order chi connectivity index (χ0) is 15.8. The summed E-state index contributed by atoms with van der Waals surface area (Å²) in [5.74, 6) is -0.0924. The molecule has 0 saturated carbocycles. The second kappa shape index (κ2) is 8.26. The summed E-state index contributed by atoms with van der Waals surface area (Å²) in [6.07, 6.45) is 0.338. The Balaban J connectivity index is 2.58. The van der Waals surface area contributed by atoms with E-state index in [0.29, 0.717) is 18.0 Å². The van der Waals surface area contributed by atoms with Crippen LogP contribution in [0.25, 0.3) is 0 Å². The van der Waals surface area contributed by atoms with E-state index < -0.39 is 12.1 Å². The van der Waals surface area contributed by atoms with Crippen LogP contribution in [0, 0.1) is 5.92 Å². The lowest BCUT2D eigenvalue weighted by Crippen LogP contribution is -2.40. The van der Waals surface area contributed by atoms with Gasteiger partial charge in [0.25, 0.3) is 0 Å². The molecule has 6 heteroatoms. The summed E-state index contributed by atoms with van der Waals surface area (Å²) >= 11 is 0. The van der Waals surface area contributed by atoms with E-state index in [0.717, 1.165) is 6.42 Å². The average molecular weight is 293 g/mol. The molecule has 0 aromatic heterocycles. The smallest absolute Gasteiger partial charge is 0.411 e. The number of rotatable bonds is 6. The van der Waals surface area contributed by atoms with E-state index in [-0.39, 0.29) is 11.8 Å². The van der Waals surface area contributed by atoms with E-state index in [9.17, 15) is 9.59 Å². The Labute approximate surface area is 125 Å². The monoisotopic (exact) mass is 293 g/mol. The normalized spacial score (nSPS) is 13.1. The third-order valence-electron chi connectivity index (χ3n) is 3.23. The molecule has 0 heterocycles. The Morgan fingerprint density at radius 1 is 1.14 bits per heavy atom. The molecule has 0 radical (unpaired) electrons. The van der Waals surface area contributed by atoms with Crippen LogP contribution in [0.5, 0.6) is 0 Å². The highest BCUT2D eigenvalue weighted by molar-refractivity contribution is 5.95. The molecule has 1 aromatic rings. The first-order chi connectivity index (χ1) is 9.97. The van der Waals surface area contributed by atoms with Gasteiger partial charge in [0.2, 0.25) is 5.91 Å². The highest BCUT2D eigenvalue weighted by Crippen LogP contribution is 2.15. The maximum Gasteiger partial charge on any atom is 0.411 e. The van der Waals surface area contributed by atoms with Gasteiger partial charge in [0.05, 0.1) is 12.6 Å². The van der Waals surface area contributed by atoms with E-state index in [1.165, 1.54) is 0 Å². The molecule has 0 aliphatic rings. The van der Waals surface area contributed by atoms with Crippen molar-refractivity contribution >= 4 is 23.4 Å². The van der Waals surface area contributed by atoms with Gasteiger partial charge in [-0.05, 0) is 37.1 Å². The summed E-state index contributed by atoms with van der Waals surface area (Å²) in [4.78, 5) is 23.2. The van der Waals surface area contributed by atoms with Crippen molar-refractivity contribution in [3.63, 3.8) is 0 Å². The Morgan fingerprint density at radius 2 is 1.67 bits per heavy atom. The van der Waals surface area contributed by atoms with Gasteiger partial charge in [-0.1, -0.05) is 20.3 Å². The molecule has 0 aliphatic carbocycles. The number of ether oxygens (including phenoxy) is 1. The van der Waals surface area contributed by atoms with Crippen molar-refractivity contribution in [2.45, 2.75) is 33.2 Å². The van der Waals surface area contributed by atoms with E-state index >= 15 is 0 Å². The lowest BCUT2D eigenvalue weighted by atomic mass is 9.99. The molecular formula is C15H23N3O3. The van der Waals surface area contributed by atoms with Crippen LogP contribution < -0.4 is 16.4 Å². The van der Waals surface area contributed by atoms with E-state index in [1.54, 1.807) is 31.2 Å². The number of nitrogens with two attached hydrogens (primary N) is 1. The molecule has 0 bridgehead atoms. The minimum Gasteiger partial charge on any atom is -0.450 e. The number of benzene rings is 1. The van der Waals surface area contributed by atoms with Gasteiger partial charge >= 0.3 is 6.09 Å². The quantitative estimate of drug-likeness (QED) is 0.751. The minimum absolute atomic E-state index is 0.120. The fourth-order valence-corrected chi connectivity index (χ4v) is 1.66. The first kappa shape index (κ1) is 17.0. The Kier molecular flexibility index (Phi) is 6.68. The molecule has 116 valence electrons. The maximum atomic E-state index is 11.9. The summed E-state index contributed by atoms with van der Waals surface area (Å²) in [6.45, 7) is 5.98. The molecule has 0 aliphatic heterocycles. The summed E-state index contributed by atoms with van der Waals surface area (Å²) < 4.78 is 4.77. The van der Waals surface area contributed by atoms with Crippen LogP contribution in [0.1, 0.15) is 27.2 Å². The molecule has 0 spiro atoms. The van der Waals surface area contributed by atoms with E-state index in [4.69, 9.17) is 10.5 Å². The standard InChI is InChI=1S/C15H23N3O3/c1-4-10(3)13(16)14(19)17-11-6-8-12(9-7-11)18-15(20)21-5-2/h6-10,13H,4-5,16H2,1-3H3,(H,17,19)(H,18,20)/t10-,13-/m0/s1. The molecule has 0 fully saturated rings. The zero-order valence-corrected chi connectivity index (χ0v) is 12.7. The molecule has 6 nitrogen and oxygen atoms in total. The van der Waals surface area contributed by atoms with Crippen LogP contribution in [0.3, 0.4) is 0 Å². The highest BCUT2D eigenvalue weighted by atomic mass is 16.5. The summed E-state index contributed by atoms with van der Waals surface area (Å²) in [5, 5.41) is 5.33. The second-order valence-electron chi connectivity index (χ2n) is 4.82. The molecule has 4 N–H and O–H groups in total. The summed E-state index contributed by atoms with van der Waals surface area (Å²) in [7, 11) is 0. The minimum atomic E-state index is -0.535. The average Bonchev–Trinajstić information content (AvgIpc) is 2.47. The van der Waals surface area contributed by atoms with Crippen molar-refractivity contribution in [1.29, 1.82) is 0 Å². The van der Waals surface area contributed by atoms with Gasteiger partial charge in [-0.25, -0.2) is 4.79 Å². The van der Waals surface area contributed by atoms with Gasteiger partial charge in [-0.2, -0.15) is 0 Å². The molecule has 21 heavy (non-hydrogen) atoms. The third kappa shape index (κ3) is 5.43. The number of hydrogen-bond acceptors (Lipinski definition) is 4. The van der Waals surface area contributed by atoms with Gasteiger partial charge in [0.15, 0.2) is 0 Å². The Morgan fingerprint density at radius 3 is 2.14 bits per heavy atom. The van der Waals surface area contributed by atoms with Crippen molar-refractivity contribution in [1.82, 2.24) is 0 Å². The van der Waals surface area contributed by atoms with Gasteiger partial charge in [-0.3, -0.25) is 10.1 Å². The summed E-state index contributed by atoms with van der Waals surface area (Å²) in [6, 6.07) is 6.22. The summed E-state index contributed by atoms with van der Waals surface area (Å²) in [5.41, 5.74) is 7.09. The third-order valence-corrected chi connectivity index (χ3v) is 3.23. The lowest BCUT2D eigenvalue weighted by molar-refractivity contribution is -0.118. The second-order valence-corrected chi connectivity index (χ2v) is 4.82. The molecule has 1 aromatic carbocycles.